The number of anilines is 1. The second-order valence-corrected chi connectivity index (χ2v) is 13.6. The molecule has 3 heterocycles. The van der Waals surface area contributed by atoms with Crippen LogP contribution in [0.5, 0.6) is 5.88 Å². The van der Waals surface area contributed by atoms with Crippen molar-refractivity contribution in [1.82, 2.24) is 19.2 Å². The van der Waals surface area contributed by atoms with Gasteiger partial charge in [0.2, 0.25) is 21.8 Å². The van der Waals surface area contributed by atoms with Crippen LogP contribution in [-0.2, 0) is 19.6 Å². The number of amides is 2. The summed E-state index contributed by atoms with van der Waals surface area (Å²) in [5.74, 6) is 0.841. The average Bonchev–Trinajstić information content (AvgIpc) is 3.81. The Morgan fingerprint density at radius 3 is 2.38 bits per heavy atom. The molecule has 0 atom stereocenters. The lowest BCUT2D eigenvalue weighted by atomic mass is 9.98. The molecule has 4 aliphatic rings. The number of hydrogen-bond donors (Lipinski definition) is 0. The van der Waals surface area contributed by atoms with Crippen LogP contribution in [0.3, 0.4) is 0 Å². The Bertz CT molecular complexity index is 1110. The molecule has 2 aliphatic carbocycles. The summed E-state index contributed by atoms with van der Waals surface area (Å²) in [6.45, 7) is 6.16. The SMILES string of the molecule is CC1(CCS(=O)(=O)N2CCN(c3cnc(OCC4CCN(C(=O)OC5(C)CC5)CC4)cn3)C(=O)C2)CC1. The third kappa shape index (κ3) is 6.51. The van der Waals surface area contributed by atoms with Gasteiger partial charge in [0.05, 0.1) is 31.3 Å². The van der Waals surface area contributed by atoms with Crippen molar-refractivity contribution in [1.29, 1.82) is 0 Å². The van der Waals surface area contributed by atoms with Gasteiger partial charge < -0.3 is 14.4 Å². The Labute approximate surface area is 218 Å². The van der Waals surface area contributed by atoms with Gasteiger partial charge in [0, 0.05) is 26.2 Å². The Kier molecular flexibility index (Phi) is 7.08. The molecule has 0 bridgehead atoms. The minimum Gasteiger partial charge on any atom is -0.476 e. The fourth-order valence-corrected chi connectivity index (χ4v) is 6.34. The van der Waals surface area contributed by atoms with E-state index in [-0.39, 0.29) is 48.4 Å². The molecule has 0 radical (unpaired) electrons. The predicted molar refractivity (Wildman–Crippen MR) is 136 cm³/mol. The number of sulfonamides is 1. The number of piperazine rings is 1. The van der Waals surface area contributed by atoms with Crippen molar-refractivity contribution in [3.8, 4) is 5.88 Å². The average molecular weight is 536 g/mol. The number of carbonyl (C=O) groups is 2. The van der Waals surface area contributed by atoms with Crippen LogP contribution < -0.4 is 9.64 Å². The zero-order chi connectivity index (χ0) is 26.3. The van der Waals surface area contributed by atoms with Crippen molar-refractivity contribution in [2.45, 2.75) is 64.4 Å². The maximum Gasteiger partial charge on any atom is 0.410 e. The van der Waals surface area contributed by atoms with Gasteiger partial charge in [-0.25, -0.2) is 23.2 Å². The first-order valence-corrected chi connectivity index (χ1v) is 14.9. The van der Waals surface area contributed by atoms with Crippen LogP contribution in [0.2, 0.25) is 0 Å². The zero-order valence-corrected chi connectivity index (χ0v) is 22.5. The van der Waals surface area contributed by atoms with Crippen molar-refractivity contribution in [2.24, 2.45) is 11.3 Å². The first-order chi connectivity index (χ1) is 17.5. The van der Waals surface area contributed by atoms with Crippen LogP contribution in [0, 0.1) is 11.3 Å². The zero-order valence-electron chi connectivity index (χ0n) is 21.7. The molecular weight excluding hydrogens is 498 g/mol. The van der Waals surface area contributed by atoms with E-state index in [2.05, 4.69) is 16.9 Å². The molecule has 2 saturated carbocycles. The summed E-state index contributed by atoms with van der Waals surface area (Å²) < 4.78 is 38.0. The maximum atomic E-state index is 12.7. The quantitative estimate of drug-likeness (QED) is 0.473. The van der Waals surface area contributed by atoms with E-state index in [1.54, 1.807) is 4.90 Å². The molecule has 2 amide bonds. The van der Waals surface area contributed by atoms with Crippen LogP contribution in [0.15, 0.2) is 12.4 Å². The number of rotatable bonds is 9. The Hall–Kier alpha value is -2.47. The normalized spacial score (nSPS) is 23.6. The molecule has 0 aromatic carbocycles. The van der Waals surface area contributed by atoms with Crippen molar-refractivity contribution in [2.75, 3.05) is 50.0 Å². The summed E-state index contributed by atoms with van der Waals surface area (Å²) in [4.78, 5) is 36.9. The Balaban J connectivity index is 1.05. The van der Waals surface area contributed by atoms with Gasteiger partial charge in [0.1, 0.15) is 5.60 Å². The number of hydrogen-bond acceptors (Lipinski definition) is 8. The van der Waals surface area contributed by atoms with Crippen LogP contribution in [0.25, 0.3) is 0 Å². The number of carbonyl (C=O) groups excluding carboxylic acids is 2. The van der Waals surface area contributed by atoms with Crippen LogP contribution in [0.4, 0.5) is 10.6 Å². The van der Waals surface area contributed by atoms with E-state index in [9.17, 15) is 18.0 Å². The predicted octanol–water partition coefficient (Wildman–Crippen LogP) is 2.43. The number of nitrogens with zero attached hydrogens (tertiary/aromatic N) is 5. The lowest BCUT2D eigenvalue weighted by Gasteiger charge is -2.33. The topological polar surface area (TPSA) is 122 Å². The van der Waals surface area contributed by atoms with Gasteiger partial charge >= 0.3 is 6.09 Å². The van der Waals surface area contributed by atoms with Crippen LogP contribution in [0.1, 0.15) is 58.8 Å². The van der Waals surface area contributed by atoms with Gasteiger partial charge in [-0.2, -0.15) is 4.31 Å². The van der Waals surface area contributed by atoms with Crippen molar-refractivity contribution in [3.63, 3.8) is 0 Å². The molecule has 0 spiro atoms. The molecule has 1 aromatic rings. The van der Waals surface area contributed by atoms with Gasteiger partial charge in [-0.1, -0.05) is 6.92 Å². The summed E-state index contributed by atoms with van der Waals surface area (Å²) in [5.41, 5.74) is -0.107. The minimum atomic E-state index is -3.45. The van der Waals surface area contributed by atoms with E-state index in [0.29, 0.717) is 43.7 Å². The molecule has 204 valence electrons. The third-order valence-corrected chi connectivity index (χ3v) is 9.98. The highest BCUT2D eigenvalue weighted by atomic mass is 32.2. The second kappa shape index (κ2) is 10.0. The number of piperidine rings is 1. The van der Waals surface area contributed by atoms with Crippen LogP contribution >= 0.6 is 0 Å². The Morgan fingerprint density at radius 1 is 1.05 bits per heavy atom. The smallest absolute Gasteiger partial charge is 0.410 e. The highest BCUT2D eigenvalue weighted by molar-refractivity contribution is 7.89. The summed E-state index contributed by atoms with van der Waals surface area (Å²) in [5, 5.41) is 0. The first-order valence-electron chi connectivity index (χ1n) is 13.3. The lowest BCUT2D eigenvalue weighted by molar-refractivity contribution is -0.120. The van der Waals surface area contributed by atoms with Gasteiger partial charge in [-0.15, -0.1) is 0 Å². The molecular formula is C25H37N5O6S. The van der Waals surface area contributed by atoms with E-state index in [0.717, 1.165) is 38.5 Å². The molecule has 0 N–H and O–H groups in total. The summed E-state index contributed by atoms with van der Waals surface area (Å²) >= 11 is 0. The lowest BCUT2D eigenvalue weighted by Crippen LogP contribution is -2.53. The van der Waals surface area contributed by atoms with Crippen molar-refractivity contribution < 1.29 is 27.5 Å². The van der Waals surface area contributed by atoms with E-state index in [1.165, 1.54) is 21.6 Å². The molecule has 11 nitrogen and oxygen atoms in total. The fraction of sp³-hybridized carbons (Fsp3) is 0.760. The highest BCUT2D eigenvalue weighted by Gasteiger charge is 2.43. The molecule has 5 rings (SSSR count). The summed E-state index contributed by atoms with van der Waals surface area (Å²) in [6, 6.07) is 0. The highest BCUT2D eigenvalue weighted by Crippen LogP contribution is 2.48. The largest absolute Gasteiger partial charge is 0.476 e. The van der Waals surface area contributed by atoms with Gasteiger partial charge in [0.15, 0.2) is 5.82 Å². The minimum absolute atomic E-state index is 0.0885. The number of likely N-dealkylation sites (tertiary alicyclic amines) is 1. The maximum absolute atomic E-state index is 12.7. The monoisotopic (exact) mass is 535 g/mol. The third-order valence-electron chi connectivity index (χ3n) is 8.16. The number of ether oxygens (including phenoxy) is 2. The van der Waals surface area contributed by atoms with Gasteiger partial charge in [0.25, 0.3) is 0 Å². The molecule has 2 aliphatic heterocycles. The van der Waals surface area contributed by atoms with E-state index >= 15 is 0 Å². The molecule has 37 heavy (non-hydrogen) atoms. The van der Waals surface area contributed by atoms with E-state index in [1.807, 2.05) is 6.92 Å². The van der Waals surface area contributed by atoms with E-state index in [4.69, 9.17) is 9.47 Å². The first kappa shape index (κ1) is 26.1. The molecule has 1 aromatic heterocycles. The Morgan fingerprint density at radius 2 is 1.78 bits per heavy atom. The second-order valence-electron chi connectivity index (χ2n) is 11.5. The van der Waals surface area contributed by atoms with Gasteiger partial charge in [-0.05, 0) is 63.2 Å². The van der Waals surface area contributed by atoms with Crippen molar-refractivity contribution >= 4 is 27.8 Å². The van der Waals surface area contributed by atoms with Crippen molar-refractivity contribution in [3.05, 3.63) is 12.4 Å². The van der Waals surface area contributed by atoms with Gasteiger partial charge in [-0.3, -0.25) is 9.69 Å². The summed E-state index contributed by atoms with van der Waals surface area (Å²) in [7, 11) is -3.45. The molecule has 0 unspecified atom stereocenters. The fourth-order valence-electron chi connectivity index (χ4n) is 4.66. The van der Waals surface area contributed by atoms with E-state index < -0.39 is 10.0 Å². The molecule has 4 fully saturated rings. The number of aromatic nitrogens is 2. The van der Waals surface area contributed by atoms with Crippen LogP contribution in [-0.4, -0.2) is 90.3 Å². The molecule has 2 saturated heterocycles. The summed E-state index contributed by atoms with van der Waals surface area (Å²) in [6.07, 6.45) is 9.09. The standard InChI is InChI=1S/C25H37N5O6S/c1-24(5-6-24)9-14-37(33,34)29-12-13-30(22(31)17-29)20-15-27-21(16-26-20)35-18-19-3-10-28(11-4-19)23(32)36-25(2)7-8-25/h15-16,19H,3-14,17-18H2,1-2H3. The molecule has 12 heteroatoms.